The van der Waals surface area contributed by atoms with Crippen LogP contribution >= 0.6 is 0 Å². The highest BCUT2D eigenvalue weighted by Gasteiger charge is 2.41. The first-order chi connectivity index (χ1) is 7.42. The summed E-state index contributed by atoms with van der Waals surface area (Å²) in [6.45, 7) is 4.30. The van der Waals surface area contributed by atoms with E-state index in [1.54, 1.807) is 0 Å². The van der Waals surface area contributed by atoms with Crippen LogP contribution in [0, 0.1) is 0 Å². The molecule has 0 radical (unpaired) electrons. The normalized spacial score (nSPS) is 17.9. The molecule has 1 amide bonds. The van der Waals surface area contributed by atoms with E-state index in [1.165, 1.54) is 19.8 Å². The molecule has 94 valence electrons. The topological polar surface area (TPSA) is 78.6 Å². The third-order valence-electron chi connectivity index (χ3n) is 1.95. The van der Waals surface area contributed by atoms with Crippen LogP contribution in [0.15, 0.2) is 0 Å². The van der Waals surface area contributed by atoms with E-state index >= 15 is 0 Å². The highest BCUT2D eigenvalue weighted by Crippen LogP contribution is 2.10. The van der Waals surface area contributed by atoms with Crippen LogP contribution in [0.25, 0.3) is 0 Å². The predicted molar refractivity (Wildman–Crippen MR) is 55.4 cm³/mol. The number of amides is 1. The maximum Gasteiger partial charge on any atom is 0.353 e. The molecule has 0 aromatic carbocycles. The Morgan fingerprint density at radius 2 is 1.94 bits per heavy atom. The first-order valence-electron chi connectivity index (χ1n) is 5.16. The van der Waals surface area contributed by atoms with E-state index in [-0.39, 0.29) is 6.61 Å². The van der Waals surface area contributed by atoms with Crippen LogP contribution in [0.3, 0.4) is 0 Å². The second-order valence-electron chi connectivity index (χ2n) is 3.41. The molecule has 1 aliphatic heterocycles. The monoisotopic (exact) mass is 235 g/mol. The summed E-state index contributed by atoms with van der Waals surface area (Å²) < 4.78 is 22.0. The molecule has 1 saturated heterocycles. The zero-order chi connectivity index (χ0) is 12.6. The molecular formula is C10H18FNO4. The lowest BCUT2D eigenvalue weighted by molar-refractivity contribution is -0.160. The summed E-state index contributed by atoms with van der Waals surface area (Å²) in [7, 11) is 0. The minimum absolute atomic E-state index is 0.0195. The minimum atomic E-state index is -2.71. The Bertz CT molecular complexity index is 231. The van der Waals surface area contributed by atoms with Gasteiger partial charge in [0.05, 0.1) is 6.61 Å². The molecule has 6 heteroatoms. The van der Waals surface area contributed by atoms with Gasteiger partial charge in [0.2, 0.25) is 0 Å². The van der Waals surface area contributed by atoms with Gasteiger partial charge in [0.15, 0.2) is 0 Å². The number of rotatable bonds is 3. The molecule has 2 N–H and O–H groups in total. The maximum absolute atomic E-state index is 12.8. The number of carbonyl (C=O) groups is 2. The number of ether oxygens (including phenoxy) is 2. The number of halogens is 1. The fraction of sp³-hybridized carbons (Fsp3) is 0.800. The third kappa shape index (κ3) is 5.06. The van der Waals surface area contributed by atoms with Gasteiger partial charge in [-0.2, -0.15) is 0 Å². The fourth-order valence-corrected chi connectivity index (χ4v) is 0.878. The van der Waals surface area contributed by atoms with Crippen molar-refractivity contribution in [2.75, 3.05) is 19.8 Å². The zero-order valence-corrected chi connectivity index (χ0v) is 9.62. The fourth-order valence-electron chi connectivity index (χ4n) is 0.878. The lowest BCUT2D eigenvalue weighted by Gasteiger charge is -2.13. The van der Waals surface area contributed by atoms with E-state index in [0.717, 1.165) is 20.1 Å². The zero-order valence-electron chi connectivity index (χ0n) is 9.62. The maximum atomic E-state index is 12.8. The minimum Gasteiger partial charge on any atom is -0.463 e. The van der Waals surface area contributed by atoms with Gasteiger partial charge in [0.25, 0.3) is 11.6 Å². The largest absolute Gasteiger partial charge is 0.463 e. The van der Waals surface area contributed by atoms with Gasteiger partial charge in [-0.05, 0) is 26.7 Å². The molecule has 0 aromatic heterocycles. The summed E-state index contributed by atoms with van der Waals surface area (Å²) >= 11 is 0. The van der Waals surface area contributed by atoms with Crippen molar-refractivity contribution in [1.29, 1.82) is 0 Å². The van der Waals surface area contributed by atoms with Gasteiger partial charge in [-0.1, -0.05) is 0 Å². The van der Waals surface area contributed by atoms with E-state index in [0.29, 0.717) is 0 Å². The average Bonchev–Trinajstić information content (AvgIpc) is 2.75. The van der Waals surface area contributed by atoms with Gasteiger partial charge in [0, 0.05) is 13.2 Å². The van der Waals surface area contributed by atoms with Gasteiger partial charge in [-0.15, -0.1) is 0 Å². The van der Waals surface area contributed by atoms with Crippen molar-refractivity contribution in [2.24, 2.45) is 5.73 Å². The molecule has 5 nitrogen and oxygen atoms in total. The van der Waals surface area contributed by atoms with E-state index in [9.17, 15) is 14.0 Å². The summed E-state index contributed by atoms with van der Waals surface area (Å²) in [5, 5.41) is 0. The molecule has 0 bridgehead atoms. The second kappa shape index (κ2) is 7.16. The number of carbonyl (C=O) groups excluding carboxylic acids is 2. The van der Waals surface area contributed by atoms with E-state index in [4.69, 9.17) is 4.74 Å². The molecule has 1 aliphatic rings. The van der Waals surface area contributed by atoms with E-state index in [2.05, 4.69) is 10.5 Å². The molecule has 0 saturated carbocycles. The highest BCUT2D eigenvalue weighted by molar-refractivity contribution is 6.04. The third-order valence-corrected chi connectivity index (χ3v) is 1.95. The number of hydrogen-bond donors (Lipinski definition) is 1. The molecule has 1 fully saturated rings. The van der Waals surface area contributed by atoms with Crippen molar-refractivity contribution in [3.8, 4) is 0 Å². The highest BCUT2D eigenvalue weighted by atomic mass is 19.1. The van der Waals surface area contributed by atoms with Crippen molar-refractivity contribution >= 4 is 11.9 Å². The van der Waals surface area contributed by atoms with Crippen LogP contribution in [0.4, 0.5) is 4.39 Å². The van der Waals surface area contributed by atoms with Crippen molar-refractivity contribution in [2.45, 2.75) is 32.4 Å². The number of esters is 1. The van der Waals surface area contributed by atoms with Gasteiger partial charge < -0.3 is 15.2 Å². The second-order valence-corrected chi connectivity index (χ2v) is 3.41. The van der Waals surface area contributed by atoms with Crippen LogP contribution in [0.1, 0.15) is 26.7 Å². The van der Waals surface area contributed by atoms with Crippen molar-refractivity contribution in [1.82, 2.24) is 0 Å². The molecule has 1 atom stereocenters. The lowest BCUT2D eigenvalue weighted by Crippen LogP contribution is -2.45. The van der Waals surface area contributed by atoms with Gasteiger partial charge in [0.1, 0.15) is 0 Å². The van der Waals surface area contributed by atoms with Crippen LogP contribution in [0.5, 0.6) is 0 Å². The number of alkyl halides is 1. The quantitative estimate of drug-likeness (QED) is 0.572. The van der Waals surface area contributed by atoms with E-state index in [1.807, 2.05) is 0 Å². The van der Waals surface area contributed by atoms with Crippen LogP contribution in [-0.4, -0.2) is 37.4 Å². The summed E-state index contributed by atoms with van der Waals surface area (Å²) in [6.07, 6.45) is 2.56. The molecule has 0 aliphatic carbocycles. The standard InChI is InChI=1S/C6H10FNO3.C4H8O/c1-3-11-5(10)6(2,7)4(8)9;1-2-4-5-3-1/h3H2,1-2H3,(H2,8,9);1-4H2. The molecule has 1 heterocycles. The Morgan fingerprint density at radius 1 is 1.44 bits per heavy atom. The van der Waals surface area contributed by atoms with Gasteiger partial charge in [-0.25, -0.2) is 9.18 Å². The van der Waals surface area contributed by atoms with Gasteiger partial charge >= 0.3 is 5.97 Å². The molecule has 16 heavy (non-hydrogen) atoms. The summed E-state index contributed by atoms with van der Waals surface area (Å²) in [6, 6.07) is 0. The van der Waals surface area contributed by atoms with Crippen molar-refractivity contribution < 1.29 is 23.5 Å². The molecule has 1 unspecified atom stereocenters. The average molecular weight is 235 g/mol. The summed E-state index contributed by atoms with van der Waals surface area (Å²) in [5.74, 6) is -2.58. The summed E-state index contributed by atoms with van der Waals surface area (Å²) in [4.78, 5) is 20.9. The molecule has 1 rings (SSSR count). The first kappa shape index (κ1) is 14.8. The van der Waals surface area contributed by atoms with Gasteiger partial charge in [-0.3, -0.25) is 4.79 Å². The molecular weight excluding hydrogens is 217 g/mol. The number of primary amides is 1. The van der Waals surface area contributed by atoms with Crippen LogP contribution < -0.4 is 5.73 Å². The van der Waals surface area contributed by atoms with Crippen molar-refractivity contribution in [3.05, 3.63) is 0 Å². The predicted octanol–water partition coefficient (Wildman–Crippen LogP) is 0.560. The lowest BCUT2D eigenvalue weighted by atomic mass is 10.1. The SMILES string of the molecule is C1CCOC1.CCOC(=O)C(C)(F)C(N)=O. The Hall–Kier alpha value is -1.17. The number of hydrogen-bond acceptors (Lipinski definition) is 4. The van der Waals surface area contributed by atoms with Crippen molar-refractivity contribution in [3.63, 3.8) is 0 Å². The Morgan fingerprint density at radius 3 is 2.19 bits per heavy atom. The van der Waals surface area contributed by atoms with Crippen LogP contribution in [0.2, 0.25) is 0 Å². The van der Waals surface area contributed by atoms with E-state index < -0.39 is 17.5 Å². The smallest absolute Gasteiger partial charge is 0.353 e. The Kier molecular flexibility index (Phi) is 6.64. The first-order valence-corrected chi connectivity index (χ1v) is 5.16. The summed E-state index contributed by atoms with van der Waals surface area (Å²) in [5.41, 5.74) is 1.87. The Balaban J connectivity index is 0.000000368. The van der Waals surface area contributed by atoms with Crippen LogP contribution in [-0.2, 0) is 19.1 Å². The molecule has 0 spiro atoms. The Labute approximate surface area is 94.1 Å². The molecule has 0 aromatic rings. The number of nitrogens with two attached hydrogens (primary N) is 1.